The lowest BCUT2D eigenvalue weighted by molar-refractivity contribution is -0.118. The third-order valence-electron chi connectivity index (χ3n) is 3.84. The zero-order chi connectivity index (χ0) is 17.7. The van der Waals surface area contributed by atoms with E-state index in [1.54, 1.807) is 6.92 Å². The fourth-order valence-electron chi connectivity index (χ4n) is 2.51. The molecule has 0 radical (unpaired) electrons. The molecule has 0 aliphatic carbocycles. The van der Waals surface area contributed by atoms with E-state index in [9.17, 15) is 9.18 Å². The van der Waals surface area contributed by atoms with Crippen LogP contribution in [0.25, 0.3) is 0 Å². The van der Waals surface area contributed by atoms with Gasteiger partial charge in [0.1, 0.15) is 5.82 Å². The Balaban J connectivity index is 2.06. The Hall–Kier alpha value is -1.91. The molecule has 2 atom stereocenters. The third kappa shape index (κ3) is 4.79. The van der Waals surface area contributed by atoms with Gasteiger partial charge in [0, 0.05) is 6.04 Å². The van der Waals surface area contributed by atoms with Crippen LogP contribution in [0.4, 0.5) is 10.1 Å². The monoisotopic (exact) mass is 348 g/mol. The Kier molecular flexibility index (Phi) is 6.35. The van der Waals surface area contributed by atoms with E-state index in [4.69, 9.17) is 11.6 Å². The first-order chi connectivity index (χ1) is 11.4. The molecule has 1 amide bonds. The summed E-state index contributed by atoms with van der Waals surface area (Å²) in [6.07, 6.45) is 0. The molecule has 3 nitrogen and oxygen atoms in total. The van der Waals surface area contributed by atoms with Gasteiger partial charge in [-0.1, -0.05) is 55.8 Å². The first-order valence-electron chi connectivity index (χ1n) is 7.95. The zero-order valence-electron chi connectivity index (χ0n) is 14.0. The molecule has 5 heteroatoms. The van der Waals surface area contributed by atoms with Crippen molar-refractivity contribution >= 4 is 23.2 Å². The van der Waals surface area contributed by atoms with Crippen molar-refractivity contribution in [2.24, 2.45) is 5.92 Å². The maximum Gasteiger partial charge on any atom is 0.241 e. The lowest BCUT2D eigenvalue weighted by Gasteiger charge is -2.26. The molecule has 0 spiro atoms. The van der Waals surface area contributed by atoms with Gasteiger partial charge in [-0.15, -0.1) is 0 Å². The van der Waals surface area contributed by atoms with Gasteiger partial charge in [-0.2, -0.15) is 0 Å². The van der Waals surface area contributed by atoms with Gasteiger partial charge in [-0.05, 0) is 36.6 Å². The fraction of sp³-hybridized carbons (Fsp3) is 0.316. The Bertz CT molecular complexity index is 691. The molecule has 0 aromatic heterocycles. The molecular weight excluding hydrogens is 327 g/mol. The summed E-state index contributed by atoms with van der Waals surface area (Å²) in [4.78, 5) is 12.4. The third-order valence-corrected chi connectivity index (χ3v) is 4.15. The molecule has 24 heavy (non-hydrogen) atoms. The minimum atomic E-state index is -0.437. The fourth-order valence-corrected chi connectivity index (χ4v) is 2.73. The summed E-state index contributed by atoms with van der Waals surface area (Å²) in [7, 11) is 0. The first kappa shape index (κ1) is 18.4. The van der Waals surface area contributed by atoms with Crippen LogP contribution in [-0.2, 0) is 4.79 Å². The van der Waals surface area contributed by atoms with Crippen LogP contribution in [0.2, 0.25) is 5.02 Å². The molecule has 2 N–H and O–H groups in total. The van der Waals surface area contributed by atoms with E-state index in [1.165, 1.54) is 18.2 Å². The van der Waals surface area contributed by atoms with Crippen LogP contribution in [0.3, 0.4) is 0 Å². The lowest BCUT2D eigenvalue weighted by Crippen LogP contribution is -2.41. The number of benzene rings is 2. The van der Waals surface area contributed by atoms with Crippen LogP contribution in [-0.4, -0.2) is 11.9 Å². The Morgan fingerprint density at radius 3 is 2.33 bits per heavy atom. The molecule has 0 aliphatic heterocycles. The van der Waals surface area contributed by atoms with Gasteiger partial charge in [0.25, 0.3) is 0 Å². The summed E-state index contributed by atoms with van der Waals surface area (Å²) >= 11 is 5.96. The summed E-state index contributed by atoms with van der Waals surface area (Å²) in [5.74, 6) is -0.338. The first-order valence-corrected chi connectivity index (χ1v) is 8.33. The second-order valence-corrected chi connectivity index (χ2v) is 6.54. The van der Waals surface area contributed by atoms with Gasteiger partial charge in [0.15, 0.2) is 0 Å². The normalized spacial score (nSPS) is 13.6. The van der Waals surface area contributed by atoms with Gasteiger partial charge in [0.05, 0.1) is 16.8 Å². The summed E-state index contributed by atoms with van der Waals surface area (Å²) in [5, 5.41) is 6.27. The maximum absolute atomic E-state index is 13.1. The second kappa shape index (κ2) is 8.27. The highest BCUT2D eigenvalue weighted by molar-refractivity contribution is 6.33. The number of carbonyl (C=O) groups is 1. The lowest BCUT2D eigenvalue weighted by atomic mass is 9.95. The van der Waals surface area contributed by atoms with Gasteiger partial charge in [0.2, 0.25) is 5.91 Å². The van der Waals surface area contributed by atoms with Crippen molar-refractivity contribution < 1.29 is 9.18 Å². The molecule has 128 valence electrons. The summed E-state index contributed by atoms with van der Waals surface area (Å²) in [6, 6.07) is 13.5. The number of hydrogen-bond acceptors (Lipinski definition) is 2. The standard InChI is InChI=1S/C19H22ClFN2O/c1-12(2)18(14-7-5-4-6-8-14)22-13(3)19(24)23-17-10-9-15(21)11-16(17)20/h4-13,18,22H,1-3H3,(H,23,24)/t13-,18-/m0/s1. The molecule has 0 bridgehead atoms. The number of hydrogen-bond donors (Lipinski definition) is 2. The van der Waals surface area contributed by atoms with E-state index in [1.807, 2.05) is 30.3 Å². The molecule has 2 aromatic carbocycles. The minimum Gasteiger partial charge on any atom is -0.323 e. The average Bonchev–Trinajstić information content (AvgIpc) is 2.55. The number of anilines is 1. The minimum absolute atomic E-state index is 0.0515. The van der Waals surface area contributed by atoms with Crippen molar-refractivity contribution in [2.75, 3.05) is 5.32 Å². The highest BCUT2D eigenvalue weighted by Crippen LogP contribution is 2.24. The van der Waals surface area contributed by atoms with Crippen molar-refractivity contribution in [3.8, 4) is 0 Å². The van der Waals surface area contributed by atoms with E-state index in [-0.39, 0.29) is 17.0 Å². The van der Waals surface area contributed by atoms with E-state index in [0.717, 1.165) is 5.56 Å². The smallest absolute Gasteiger partial charge is 0.241 e. The number of amides is 1. The SMILES string of the molecule is CC(C)[C@H](N[C@@H](C)C(=O)Nc1ccc(F)cc1Cl)c1ccccc1. The van der Waals surface area contributed by atoms with Crippen LogP contribution in [0, 0.1) is 11.7 Å². The van der Waals surface area contributed by atoms with Crippen LogP contribution in [0.15, 0.2) is 48.5 Å². The number of nitrogens with one attached hydrogen (secondary N) is 2. The van der Waals surface area contributed by atoms with E-state index in [0.29, 0.717) is 11.6 Å². The molecule has 0 aliphatic rings. The predicted octanol–water partition coefficient (Wildman–Crippen LogP) is 4.79. The van der Waals surface area contributed by atoms with E-state index >= 15 is 0 Å². The molecular formula is C19H22ClFN2O. The van der Waals surface area contributed by atoms with Crippen molar-refractivity contribution in [1.29, 1.82) is 0 Å². The number of rotatable bonds is 6. The highest BCUT2D eigenvalue weighted by Gasteiger charge is 2.22. The quantitative estimate of drug-likeness (QED) is 0.787. The second-order valence-electron chi connectivity index (χ2n) is 6.13. The van der Waals surface area contributed by atoms with Crippen LogP contribution < -0.4 is 10.6 Å². The number of halogens is 2. The Morgan fingerprint density at radius 2 is 1.75 bits per heavy atom. The van der Waals surface area contributed by atoms with Gasteiger partial charge < -0.3 is 5.32 Å². The van der Waals surface area contributed by atoms with E-state index < -0.39 is 11.9 Å². The van der Waals surface area contributed by atoms with Gasteiger partial charge >= 0.3 is 0 Å². The maximum atomic E-state index is 13.1. The van der Waals surface area contributed by atoms with E-state index in [2.05, 4.69) is 24.5 Å². The number of carbonyl (C=O) groups excluding carboxylic acids is 1. The Morgan fingerprint density at radius 1 is 1.08 bits per heavy atom. The molecule has 2 aromatic rings. The molecule has 0 saturated heterocycles. The zero-order valence-corrected chi connectivity index (χ0v) is 14.8. The topological polar surface area (TPSA) is 41.1 Å². The average molecular weight is 349 g/mol. The van der Waals surface area contributed by atoms with Crippen molar-refractivity contribution in [1.82, 2.24) is 5.32 Å². The Labute approximate surface area is 147 Å². The van der Waals surface area contributed by atoms with Crippen LogP contribution >= 0.6 is 11.6 Å². The predicted molar refractivity (Wildman–Crippen MR) is 96.7 cm³/mol. The summed E-state index contributed by atoms with van der Waals surface area (Å²) < 4.78 is 13.1. The van der Waals surface area contributed by atoms with Crippen molar-refractivity contribution in [2.45, 2.75) is 32.9 Å². The molecule has 0 fully saturated rings. The molecule has 0 saturated carbocycles. The molecule has 2 rings (SSSR count). The largest absolute Gasteiger partial charge is 0.323 e. The summed E-state index contributed by atoms with van der Waals surface area (Å²) in [6.45, 7) is 6.00. The summed E-state index contributed by atoms with van der Waals surface area (Å²) in [5.41, 5.74) is 1.53. The van der Waals surface area contributed by atoms with Crippen molar-refractivity contribution in [3.05, 3.63) is 64.9 Å². The van der Waals surface area contributed by atoms with Crippen LogP contribution in [0.1, 0.15) is 32.4 Å². The van der Waals surface area contributed by atoms with Gasteiger partial charge in [-0.3, -0.25) is 10.1 Å². The van der Waals surface area contributed by atoms with Gasteiger partial charge in [-0.25, -0.2) is 4.39 Å². The molecule has 0 heterocycles. The van der Waals surface area contributed by atoms with Crippen LogP contribution in [0.5, 0.6) is 0 Å². The molecule has 0 unspecified atom stereocenters. The van der Waals surface area contributed by atoms with Crippen molar-refractivity contribution in [3.63, 3.8) is 0 Å². The highest BCUT2D eigenvalue weighted by atomic mass is 35.5.